The molecule has 1 spiro atoms. The minimum Gasteiger partial charge on any atom is -0.302 e. The number of benzene rings is 4. The predicted octanol–water partition coefficient (Wildman–Crippen LogP) is 8.68. The average molecular weight is 704 g/mol. The van der Waals surface area contributed by atoms with Crippen LogP contribution in [-0.2, 0) is 9.59 Å². The summed E-state index contributed by atoms with van der Waals surface area (Å²) < 4.78 is 0. The fraction of sp³-hybridized carbons (Fsp3) is 0.0857. The number of H-pyrrole nitrogens is 1. The van der Waals surface area contributed by atoms with Crippen LogP contribution in [0.1, 0.15) is 39.8 Å². The van der Waals surface area contributed by atoms with Gasteiger partial charge in [-0.05, 0) is 94.7 Å². The number of thiocarbonyl (C=S) groups is 1. The van der Waals surface area contributed by atoms with Crippen molar-refractivity contribution in [2.24, 2.45) is 5.41 Å². The van der Waals surface area contributed by atoms with E-state index < -0.39 is 29.1 Å². The third-order valence-electron chi connectivity index (χ3n) is 8.53. The highest BCUT2D eigenvalue weighted by molar-refractivity contribution is 7.80. The summed E-state index contributed by atoms with van der Waals surface area (Å²) in [6, 6.07) is 28.9. The Labute approximate surface area is 289 Å². The number of halogens is 4. The summed E-state index contributed by atoms with van der Waals surface area (Å²) in [6.45, 7) is 0. The normalized spacial score (nSPS) is 19.6. The Kier molecular flexibility index (Phi) is 7.99. The maximum Gasteiger partial charge on any atom is 0.243 e. The predicted molar refractivity (Wildman–Crippen MR) is 187 cm³/mol. The molecular weight excluding hydrogens is 682 g/mol. The number of nitrogens with zero attached hydrogens (tertiary/aromatic N) is 1. The highest BCUT2D eigenvalue weighted by atomic mass is 35.5. The van der Waals surface area contributed by atoms with Crippen molar-refractivity contribution >= 4 is 87.2 Å². The van der Waals surface area contributed by atoms with Crippen molar-refractivity contribution in [3.05, 3.63) is 145 Å². The number of aromatic nitrogens is 2. The van der Waals surface area contributed by atoms with Gasteiger partial charge in [-0.15, -0.1) is 0 Å². The summed E-state index contributed by atoms with van der Waals surface area (Å²) in [7, 11) is 0. The molecule has 228 valence electrons. The number of carbonyl (C=O) groups is 2. The van der Waals surface area contributed by atoms with E-state index in [1.165, 1.54) is 0 Å². The quantitative estimate of drug-likeness (QED) is 0.129. The lowest BCUT2D eigenvalue weighted by Gasteiger charge is -2.49. The zero-order chi connectivity index (χ0) is 32.2. The van der Waals surface area contributed by atoms with Gasteiger partial charge in [0.05, 0.1) is 11.4 Å². The van der Waals surface area contributed by atoms with Gasteiger partial charge in [0, 0.05) is 37.5 Å². The second-order valence-corrected chi connectivity index (χ2v) is 13.2. The Bertz CT molecular complexity index is 2020. The van der Waals surface area contributed by atoms with Gasteiger partial charge in [-0.25, -0.2) is 0 Å². The van der Waals surface area contributed by atoms with Crippen LogP contribution in [0.4, 0.5) is 0 Å². The maximum atomic E-state index is 14.8. The van der Waals surface area contributed by atoms with E-state index in [1.54, 1.807) is 48.5 Å². The van der Waals surface area contributed by atoms with Gasteiger partial charge < -0.3 is 10.6 Å². The van der Waals surface area contributed by atoms with Crippen LogP contribution < -0.4 is 10.6 Å². The lowest BCUT2D eigenvalue weighted by atomic mass is 9.52. The smallest absolute Gasteiger partial charge is 0.243 e. The first-order chi connectivity index (χ1) is 22.2. The van der Waals surface area contributed by atoms with Crippen molar-refractivity contribution in [3.8, 4) is 11.3 Å². The number of fused-ring (bicyclic) bond motifs is 1. The van der Waals surface area contributed by atoms with E-state index in [-0.39, 0.29) is 5.11 Å². The van der Waals surface area contributed by atoms with Crippen LogP contribution in [-0.4, -0.2) is 27.1 Å². The monoisotopic (exact) mass is 702 g/mol. The molecule has 2 heterocycles. The largest absolute Gasteiger partial charge is 0.302 e. The zero-order valence-corrected chi connectivity index (χ0v) is 27.5. The molecule has 4 aromatic carbocycles. The molecule has 2 amide bonds. The molecule has 46 heavy (non-hydrogen) atoms. The van der Waals surface area contributed by atoms with Crippen molar-refractivity contribution in [2.75, 3.05) is 0 Å². The molecule has 2 unspecified atom stereocenters. The molecule has 1 aliphatic heterocycles. The fourth-order valence-electron chi connectivity index (χ4n) is 6.61. The summed E-state index contributed by atoms with van der Waals surface area (Å²) in [6.07, 6.45) is 1.94. The molecule has 0 bridgehead atoms. The molecule has 11 heteroatoms. The number of carbonyl (C=O) groups excluding carboxylic acids is 2. The van der Waals surface area contributed by atoms with Gasteiger partial charge >= 0.3 is 0 Å². The van der Waals surface area contributed by atoms with Crippen LogP contribution in [0.3, 0.4) is 0 Å². The number of rotatable bonds is 4. The van der Waals surface area contributed by atoms with E-state index in [0.717, 1.165) is 11.1 Å². The number of aromatic amines is 1. The average Bonchev–Trinajstić information content (AvgIpc) is 3.47. The lowest BCUT2D eigenvalue weighted by Crippen LogP contribution is -2.67. The Balaban J connectivity index is 1.64. The van der Waals surface area contributed by atoms with E-state index in [0.29, 0.717) is 53.7 Å². The number of nitrogens with one attached hydrogen (secondary N) is 3. The van der Waals surface area contributed by atoms with Crippen molar-refractivity contribution in [1.29, 1.82) is 0 Å². The van der Waals surface area contributed by atoms with Crippen LogP contribution in [0.15, 0.2) is 97.1 Å². The fourth-order valence-corrected chi connectivity index (χ4v) is 7.30. The third kappa shape index (κ3) is 5.13. The SMILES string of the molecule is O=C1NC(=S)NC(=O)C12C(c1ccc(Cl)cc1)/C(=C/c1ccc(Cl)cc1)c1n[nH]c(-c3ccc(Cl)cc3)c1C2c1ccc(Cl)cc1. The molecule has 7 rings (SSSR count). The Morgan fingerprint density at radius 1 is 0.652 bits per heavy atom. The first kappa shape index (κ1) is 30.7. The van der Waals surface area contributed by atoms with Crippen LogP contribution in [0.5, 0.6) is 0 Å². The minimum atomic E-state index is -1.79. The molecule has 1 saturated heterocycles. The van der Waals surface area contributed by atoms with Crippen molar-refractivity contribution < 1.29 is 9.59 Å². The first-order valence-corrected chi connectivity index (χ1v) is 16.1. The first-order valence-electron chi connectivity index (χ1n) is 14.2. The molecule has 6 nitrogen and oxygen atoms in total. The molecule has 0 saturated carbocycles. The Hall–Kier alpha value is -3.98. The van der Waals surface area contributed by atoms with Gasteiger partial charge in [-0.1, -0.05) is 94.9 Å². The van der Waals surface area contributed by atoms with Crippen LogP contribution in [0.25, 0.3) is 22.9 Å². The van der Waals surface area contributed by atoms with E-state index in [1.807, 2.05) is 54.6 Å². The van der Waals surface area contributed by atoms with Crippen molar-refractivity contribution in [3.63, 3.8) is 0 Å². The van der Waals surface area contributed by atoms with Gasteiger partial charge in [-0.3, -0.25) is 14.7 Å². The Morgan fingerprint density at radius 3 is 1.63 bits per heavy atom. The molecule has 1 aromatic heterocycles. The number of allylic oxidation sites excluding steroid dienone is 1. The standard InChI is InChI=1S/C35H22Cl4N4O2S/c36-22-9-1-18(2-10-22)17-26-28(19-3-11-23(37)12-4-19)35(32(44)40-34(46)41-33(35)45)29(20-5-13-24(38)14-6-20)27-30(42-43-31(26)27)21-7-15-25(39)16-8-21/h1-17,28-29H,(H,42,43)(H2,40,41,44,45,46)/b26-17-. The summed E-state index contributed by atoms with van der Waals surface area (Å²) in [5.74, 6) is -2.79. The van der Waals surface area contributed by atoms with Crippen LogP contribution in [0.2, 0.25) is 20.1 Å². The zero-order valence-electron chi connectivity index (χ0n) is 23.7. The maximum absolute atomic E-state index is 14.8. The van der Waals surface area contributed by atoms with E-state index in [4.69, 9.17) is 63.7 Å². The molecule has 2 atom stereocenters. The van der Waals surface area contributed by atoms with Gasteiger partial charge in [0.15, 0.2) is 10.5 Å². The highest BCUT2D eigenvalue weighted by Crippen LogP contribution is 2.62. The molecular formula is C35H22Cl4N4O2S. The molecule has 0 radical (unpaired) electrons. The summed E-state index contributed by atoms with van der Waals surface area (Å²) in [5.41, 5.74) is 3.68. The molecule has 5 aromatic rings. The van der Waals surface area contributed by atoms with Crippen molar-refractivity contribution in [2.45, 2.75) is 11.8 Å². The van der Waals surface area contributed by atoms with Crippen molar-refractivity contribution in [1.82, 2.24) is 20.8 Å². The highest BCUT2D eigenvalue weighted by Gasteiger charge is 2.65. The van der Waals surface area contributed by atoms with E-state index >= 15 is 0 Å². The summed E-state index contributed by atoms with van der Waals surface area (Å²) in [5, 5.41) is 15.8. The number of hydrogen-bond donors (Lipinski definition) is 3. The van der Waals surface area contributed by atoms with E-state index in [2.05, 4.69) is 15.7 Å². The Morgan fingerprint density at radius 2 is 1.11 bits per heavy atom. The molecule has 1 fully saturated rings. The summed E-state index contributed by atoms with van der Waals surface area (Å²) in [4.78, 5) is 29.5. The number of hydrogen-bond acceptors (Lipinski definition) is 4. The molecule has 2 aliphatic rings. The lowest BCUT2D eigenvalue weighted by molar-refractivity contribution is -0.145. The second-order valence-electron chi connectivity index (χ2n) is 11.1. The number of amides is 2. The van der Waals surface area contributed by atoms with Gasteiger partial charge in [0.1, 0.15) is 0 Å². The minimum absolute atomic E-state index is 0.0653. The summed E-state index contributed by atoms with van der Waals surface area (Å²) >= 11 is 30.5. The van der Waals surface area contributed by atoms with Gasteiger partial charge in [-0.2, -0.15) is 5.10 Å². The third-order valence-corrected chi connectivity index (χ3v) is 9.74. The van der Waals surface area contributed by atoms with Gasteiger partial charge in [0.2, 0.25) is 11.8 Å². The molecule has 3 N–H and O–H groups in total. The van der Waals surface area contributed by atoms with Gasteiger partial charge in [0.25, 0.3) is 0 Å². The van der Waals surface area contributed by atoms with Crippen LogP contribution >= 0.6 is 58.6 Å². The van der Waals surface area contributed by atoms with Crippen LogP contribution in [0, 0.1) is 5.41 Å². The topological polar surface area (TPSA) is 86.9 Å². The second kappa shape index (κ2) is 12.0. The molecule has 1 aliphatic carbocycles. The van der Waals surface area contributed by atoms with E-state index in [9.17, 15) is 9.59 Å².